The third-order valence-corrected chi connectivity index (χ3v) is 22.3. The monoisotopic (exact) mass is 707 g/mol. The minimum absolute atomic E-state index is 0.176. The smallest absolute Gasteiger partial charge is 0.123 e. The summed E-state index contributed by atoms with van der Waals surface area (Å²) in [5.74, 6) is 4.45. The van der Waals surface area contributed by atoms with Gasteiger partial charge in [0.15, 0.2) is 0 Å². The highest BCUT2D eigenvalue weighted by Crippen LogP contribution is 2.36. The van der Waals surface area contributed by atoms with E-state index in [9.17, 15) is 10.2 Å². The number of phenolic OH excluding ortho intramolecular Hbond substituents is 2. The standard InChI is InChI=1S/C43H74N2O2Si2/c1-31(2)23-48(24-32(3)4,25-33(5)6)39-19-15-17-37(41(39)46)21-44-29-43(13,14)30-45-22-38-18-16-20-40(42(38)47)49(26-34(7)8,27-35(9)10)28-36(11)12/h15-22,31-36,46-47H,23-30H2,1-14H3. The molecule has 0 aliphatic heterocycles. The first-order valence-corrected chi connectivity index (χ1v) is 24.6. The molecule has 0 radical (unpaired) electrons. The number of para-hydroxylation sites is 2. The van der Waals surface area contributed by atoms with Gasteiger partial charge in [-0.2, -0.15) is 0 Å². The van der Waals surface area contributed by atoms with Gasteiger partial charge in [0.25, 0.3) is 0 Å². The van der Waals surface area contributed by atoms with Gasteiger partial charge in [0, 0.05) is 42.1 Å². The van der Waals surface area contributed by atoms with Gasteiger partial charge < -0.3 is 10.2 Å². The van der Waals surface area contributed by atoms with Crippen LogP contribution in [0.25, 0.3) is 0 Å². The van der Waals surface area contributed by atoms with Crippen LogP contribution in [0.1, 0.15) is 108 Å². The van der Waals surface area contributed by atoms with E-state index in [1.165, 1.54) is 46.6 Å². The molecule has 0 aliphatic rings. The van der Waals surface area contributed by atoms with Gasteiger partial charge in [-0.05, 0) is 58.0 Å². The van der Waals surface area contributed by atoms with E-state index in [1.807, 2.05) is 24.6 Å². The maximum atomic E-state index is 11.7. The van der Waals surface area contributed by atoms with Crippen molar-refractivity contribution >= 4 is 39.0 Å². The number of hydrogen-bond acceptors (Lipinski definition) is 4. The van der Waals surface area contributed by atoms with Crippen LogP contribution < -0.4 is 10.4 Å². The maximum absolute atomic E-state index is 11.7. The molecule has 6 heteroatoms. The third-order valence-electron chi connectivity index (χ3n) is 9.57. The predicted octanol–water partition coefficient (Wildman–Crippen LogP) is 10.9. The minimum atomic E-state index is -1.96. The van der Waals surface area contributed by atoms with Crippen molar-refractivity contribution in [1.82, 2.24) is 0 Å². The van der Waals surface area contributed by atoms with Crippen LogP contribution in [0, 0.1) is 40.9 Å². The fourth-order valence-corrected chi connectivity index (χ4v) is 22.8. The molecule has 0 saturated carbocycles. The Labute approximate surface area is 304 Å². The van der Waals surface area contributed by atoms with Crippen LogP contribution in [0.4, 0.5) is 0 Å². The molecule has 0 aliphatic carbocycles. The summed E-state index contributed by atoms with van der Waals surface area (Å²) in [6.45, 7) is 33.5. The Balaban J connectivity index is 2.33. The number of aromatic hydroxyl groups is 2. The number of phenols is 2. The average Bonchev–Trinajstić information content (AvgIpc) is 2.92. The van der Waals surface area contributed by atoms with E-state index in [1.54, 1.807) is 0 Å². The normalized spacial score (nSPS) is 13.6. The zero-order chi connectivity index (χ0) is 37.2. The number of hydrogen-bond donors (Lipinski definition) is 2. The molecule has 2 aromatic carbocycles. The van der Waals surface area contributed by atoms with E-state index < -0.39 is 16.1 Å². The molecule has 2 N–H and O–H groups in total. The lowest BCUT2D eigenvalue weighted by molar-refractivity contribution is 0.396. The number of benzene rings is 2. The molecule has 0 unspecified atom stereocenters. The number of aliphatic imine (C=N–C) groups is 2. The van der Waals surface area contributed by atoms with Gasteiger partial charge in [-0.25, -0.2) is 0 Å². The van der Waals surface area contributed by atoms with E-state index >= 15 is 0 Å². The van der Waals surface area contributed by atoms with Crippen molar-refractivity contribution in [3.63, 3.8) is 0 Å². The number of nitrogens with zero attached hydrogens (tertiary/aromatic N) is 2. The molecule has 0 fully saturated rings. The van der Waals surface area contributed by atoms with Crippen molar-refractivity contribution in [1.29, 1.82) is 0 Å². The fourth-order valence-electron chi connectivity index (χ4n) is 8.87. The van der Waals surface area contributed by atoms with Crippen LogP contribution in [0.3, 0.4) is 0 Å². The summed E-state index contributed by atoms with van der Waals surface area (Å²) in [5, 5.41) is 25.8. The first kappa shape index (κ1) is 43.0. The molecule has 0 saturated heterocycles. The molecule has 0 heterocycles. The summed E-state index contributed by atoms with van der Waals surface area (Å²) in [5.41, 5.74) is 1.47. The van der Waals surface area contributed by atoms with E-state index in [-0.39, 0.29) is 5.41 Å². The van der Waals surface area contributed by atoms with Crippen LogP contribution in [-0.4, -0.2) is 51.9 Å². The zero-order valence-electron chi connectivity index (χ0n) is 34.0. The van der Waals surface area contributed by atoms with Gasteiger partial charge in [0.2, 0.25) is 0 Å². The van der Waals surface area contributed by atoms with Gasteiger partial charge in [-0.15, -0.1) is 0 Å². The fraction of sp³-hybridized carbons (Fsp3) is 0.674. The summed E-state index contributed by atoms with van der Waals surface area (Å²) in [6.07, 6.45) is 3.75. The summed E-state index contributed by atoms with van der Waals surface area (Å²) in [7, 11) is -3.91. The van der Waals surface area contributed by atoms with Gasteiger partial charge >= 0.3 is 0 Å². The van der Waals surface area contributed by atoms with E-state index in [0.717, 1.165) is 11.1 Å². The molecular weight excluding hydrogens is 633 g/mol. The molecule has 0 spiro atoms. The van der Waals surface area contributed by atoms with E-state index in [4.69, 9.17) is 9.98 Å². The van der Waals surface area contributed by atoms with Gasteiger partial charge in [0.1, 0.15) is 11.5 Å². The summed E-state index contributed by atoms with van der Waals surface area (Å²) in [6, 6.07) is 19.8. The molecule has 4 nitrogen and oxygen atoms in total. The van der Waals surface area contributed by atoms with Crippen molar-refractivity contribution < 1.29 is 10.2 Å². The second-order valence-corrected chi connectivity index (χ2v) is 27.4. The zero-order valence-corrected chi connectivity index (χ0v) is 36.0. The lowest BCUT2D eigenvalue weighted by atomic mass is 9.94. The largest absolute Gasteiger partial charge is 0.507 e. The molecule has 2 rings (SSSR count). The molecule has 49 heavy (non-hydrogen) atoms. The average molecular weight is 707 g/mol. The second-order valence-electron chi connectivity index (χ2n) is 18.7. The molecular formula is C43H74N2O2Si2. The minimum Gasteiger partial charge on any atom is -0.507 e. The second kappa shape index (κ2) is 18.9. The van der Waals surface area contributed by atoms with Crippen molar-refractivity contribution in [3.8, 4) is 11.5 Å². The van der Waals surface area contributed by atoms with Crippen LogP contribution in [0.5, 0.6) is 11.5 Å². The first-order valence-electron chi connectivity index (χ1n) is 19.4. The number of rotatable bonds is 20. The van der Waals surface area contributed by atoms with Crippen molar-refractivity contribution in [2.75, 3.05) is 13.1 Å². The van der Waals surface area contributed by atoms with Crippen molar-refractivity contribution in [2.24, 2.45) is 50.9 Å². The third kappa shape index (κ3) is 13.1. The Hall–Kier alpha value is -2.19. The van der Waals surface area contributed by atoms with Crippen LogP contribution >= 0.6 is 0 Å². The van der Waals surface area contributed by atoms with Gasteiger partial charge in [0.05, 0.1) is 16.1 Å². The Kier molecular flexibility index (Phi) is 16.6. The molecule has 0 aromatic heterocycles. The Morgan fingerprint density at radius 2 is 0.776 bits per heavy atom. The van der Waals surface area contributed by atoms with E-state index in [0.29, 0.717) is 60.1 Å². The first-order chi connectivity index (χ1) is 22.7. The highest BCUT2D eigenvalue weighted by atomic mass is 28.3. The quantitative estimate of drug-likeness (QED) is 0.106. The molecule has 2 aromatic rings. The molecule has 0 bridgehead atoms. The van der Waals surface area contributed by atoms with Gasteiger partial charge in [-0.1, -0.05) is 157 Å². The van der Waals surface area contributed by atoms with E-state index in [2.05, 4.69) is 121 Å². The molecule has 0 atom stereocenters. The van der Waals surface area contributed by atoms with Crippen LogP contribution in [-0.2, 0) is 0 Å². The highest BCUT2D eigenvalue weighted by Gasteiger charge is 2.40. The summed E-state index contributed by atoms with van der Waals surface area (Å²) in [4.78, 5) is 9.73. The predicted molar refractivity (Wildman–Crippen MR) is 224 cm³/mol. The highest BCUT2D eigenvalue weighted by molar-refractivity contribution is 6.93. The van der Waals surface area contributed by atoms with Crippen LogP contribution in [0.15, 0.2) is 46.4 Å². The summed E-state index contributed by atoms with van der Waals surface area (Å²) < 4.78 is 0. The lowest BCUT2D eigenvalue weighted by Gasteiger charge is -2.37. The molecule has 276 valence electrons. The Bertz CT molecular complexity index is 1200. The molecule has 0 amide bonds. The summed E-state index contributed by atoms with van der Waals surface area (Å²) >= 11 is 0. The lowest BCUT2D eigenvalue weighted by Crippen LogP contribution is -2.50. The Morgan fingerprint density at radius 3 is 1.02 bits per heavy atom. The SMILES string of the molecule is CC(C)C[Si](CC(C)C)(CC(C)C)c1cccc(C=NCC(C)(C)CN=Cc2cccc([Si](CC(C)C)(CC(C)C)CC(C)C)c2O)c1O. The topological polar surface area (TPSA) is 65.2 Å². The van der Waals surface area contributed by atoms with Crippen molar-refractivity contribution in [2.45, 2.75) is 133 Å². The Morgan fingerprint density at radius 1 is 0.510 bits per heavy atom. The van der Waals surface area contributed by atoms with Crippen LogP contribution in [0.2, 0.25) is 36.3 Å². The maximum Gasteiger partial charge on any atom is 0.123 e. The van der Waals surface area contributed by atoms with Gasteiger partial charge in [-0.3, -0.25) is 9.98 Å². The van der Waals surface area contributed by atoms with Crippen molar-refractivity contribution in [3.05, 3.63) is 47.5 Å².